The van der Waals surface area contributed by atoms with Gasteiger partial charge in [-0.1, -0.05) is 0 Å². The minimum absolute atomic E-state index is 0.542. The van der Waals surface area contributed by atoms with Crippen LogP contribution in [0.3, 0.4) is 0 Å². The first-order chi connectivity index (χ1) is 2.56. The van der Waals surface area contributed by atoms with E-state index in [-0.39, 0.29) is 0 Å². The van der Waals surface area contributed by atoms with Crippen molar-refractivity contribution >= 4 is 11.8 Å². The molecule has 0 fully saturated rings. The Labute approximate surface area is 42.8 Å². The van der Waals surface area contributed by atoms with Crippen LogP contribution in [-0.2, 0) is 0 Å². The third kappa shape index (κ3) is 4.31. The fraction of sp³-hybridized carbons (Fsp3) is 1.00. The highest BCUT2D eigenvalue weighted by atomic mass is 32.2. The van der Waals surface area contributed by atoms with Crippen LogP contribution in [0.15, 0.2) is 0 Å². The lowest BCUT2D eigenvalue weighted by molar-refractivity contribution is 0.179. The highest BCUT2D eigenvalue weighted by molar-refractivity contribution is 7.99. The van der Waals surface area contributed by atoms with Gasteiger partial charge in [0.05, 0.1) is 0 Å². The molecule has 0 aromatic carbocycles. The van der Waals surface area contributed by atoms with Crippen LogP contribution in [0.5, 0.6) is 0 Å². The Morgan fingerprint density at radius 3 is 1.67 bits per heavy atom. The lowest BCUT2D eigenvalue weighted by Crippen LogP contribution is -2.10. The molecule has 0 aliphatic carbocycles. The van der Waals surface area contributed by atoms with Gasteiger partial charge < -0.3 is 5.11 Å². The predicted molar refractivity (Wildman–Crippen MR) is 29.8 cm³/mol. The Kier molecular flexibility index (Phi) is 1.94. The molecule has 0 aliphatic rings. The van der Waals surface area contributed by atoms with E-state index in [1.165, 1.54) is 11.8 Å². The van der Waals surface area contributed by atoms with E-state index in [2.05, 4.69) is 0 Å². The van der Waals surface area contributed by atoms with Gasteiger partial charge in [-0.25, -0.2) is 0 Å². The molecule has 6 heavy (non-hydrogen) atoms. The van der Waals surface area contributed by atoms with Crippen LogP contribution in [0.2, 0.25) is 0 Å². The maximum atomic E-state index is 8.79. The second-order valence-electron chi connectivity index (χ2n) is 1.65. The first-order valence-corrected chi connectivity index (χ1v) is 3.06. The molecule has 1 N–H and O–H groups in total. The number of thioether (sulfide) groups is 1. The van der Waals surface area contributed by atoms with Crippen molar-refractivity contribution in [2.45, 2.75) is 18.8 Å². The molecule has 0 radical (unpaired) electrons. The first kappa shape index (κ1) is 6.31. The van der Waals surface area contributed by atoms with Crippen molar-refractivity contribution in [3.63, 3.8) is 0 Å². The van der Waals surface area contributed by atoms with Gasteiger partial charge in [0.15, 0.2) is 0 Å². The molecule has 2 heteroatoms. The Hall–Kier alpha value is 0.310. The first-order valence-electron chi connectivity index (χ1n) is 1.84. The maximum absolute atomic E-state index is 8.79. The summed E-state index contributed by atoms with van der Waals surface area (Å²) in [4.78, 5) is -0.542. The van der Waals surface area contributed by atoms with Gasteiger partial charge in [-0.2, -0.15) is 0 Å². The molecule has 0 aromatic heterocycles. The van der Waals surface area contributed by atoms with Gasteiger partial charge >= 0.3 is 0 Å². The van der Waals surface area contributed by atoms with E-state index in [0.29, 0.717) is 0 Å². The average molecular weight is 106 g/mol. The normalized spacial score (nSPS) is 12.0. The van der Waals surface area contributed by atoms with Crippen LogP contribution in [0, 0.1) is 0 Å². The van der Waals surface area contributed by atoms with Crippen LogP contribution < -0.4 is 0 Å². The zero-order valence-electron chi connectivity index (χ0n) is 4.36. The van der Waals surface area contributed by atoms with Gasteiger partial charge in [0.1, 0.15) is 4.93 Å². The Bertz CT molecular complexity index is 37.3. The second-order valence-corrected chi connectivity index (χ2v) is 3.06. The fourth-order valence-corrected chi connectivity index (χ4v) is 0. The lowest BCUT2D eigenvalue weighted by atomic mass is 10.5. The summed E-state index contributed by atoms with van der Waals surface area (Å²) < 4.78 is 0. The molecule has 0 unspecified atom stereocenters. The SMILES string of the molecule is CSC(C)(C)O. The fourth-order valence-electron chi connectivity index (χ4n) is 0. The van der Waals surface area contributed by atoms with Crippen molar-refractivity contribution in [1.29, 1.82) is 0 Å². The number of rotatable bonds is 1. The van der Waals surface area contributed by atoms with Crippen molar-refractivity contribution < 1.29 is 5.11 Å². The second kappa shape index (κ2) is 1.85. The third-order valence-corrected chi connectivity index (χ3v) is 1.50. The minimum atomic E-state index is -0.542. The monoisotopic (exact) mass is 106 g/mol. The summed E-state index contributed by atoms with van der Waals surface area (Å²) in [6.45, 7) is 3.52. The standard InChI is InChI=1S/C4H10OS/c1-4(2,5)6-3/h5H,1-3H3. The van der Waals surface area contributed by atoms with Crippen LogP contribution >= 0.6 is 11.8 Å². The molecule has 38 valence electrons. The van der Waals surface area contributed by atoms with E-state index < -0.39 is 4.93 Å². The summed E-state index contributed by atoms with van der Waals surface area (Å²) in [6.07, 6.45) is 1.88. The zero-order chi connectivity index (χ0) is 5.21. The molecule has 0 spiro atoms. The van der Waals surface area contributed by atoms with Crippen molar-refractivity contribution in [3.05, 3.63) is 0 Å². The molecule has 0 rings (SSSR count). The zero-order valence-corrected chi connectivity index (χ0v) is 5.17. The summed E-state index contributed by atoms with van der Waals surface area (Å²) in [5.41, 5.74) is 0. The largest absolute Gasteiger partial charge is 0.380 e. The molecule has 0 aliphatic heterocycles. The molecule has 1 nitrogen and oxygen atoms in total. The van der Waals surface area contributed by atoms with Crippen LogP contribution in [-0.4, -0.2) is 16.3 Å². The molecule has 0 aromatic rings. The van der Waals surface area contributed by atoms with Crippen molar-refractivity contribution in [1.82, 2.24) is 0 Å². The summed E-state index contributed by atoms with van der Waals surface area (Å²) >= 11 is 1.44. The Morgan fingerprint density at radius 1 is 1.50 bits per heavy atom. The molecular weight excluding hydrogens is 96.1 g/mol. The topological polar surface area (TPSA) is 20.2 Å². The van der Waals surface area contributed by atoms with Crippen LogP contribution in [0.1, 0.15) is 13.8 Å². The van der Waals surface area contributed by atoms with E-state index in [1.807, 2.05) is 6.26 Å². The quantitative estimate of drug-likeness (QED) is 0.505. The highest BCUT2D eigenvalue weighted by Crippen LogP contribution is 2.14. The van der Waals surface area contributed by atoms with Crippen molar-refractivity contribution in [2.75, 3.05) is 6.26 Å². The molecule has 0 atom stereocenters. The van der Waals surface area contributed by atoms with Crippen molar-refractivity contribution in [3.8, 4) is 0 Å². The smallest absolute Gasteiger partial charge is 0.104 e. The highest BCUT2D eigenvalue weighted by Gasteiger charge is 2.06. The predicted octanol–water partition coefficient (Wildman–Crippen LogP) is 1.08. The number of hydrogen-bond donors (Lipinski definition) is 1. The van der Waals surface area contributed by atoms with Gasteiger partial charge in [0.2, 0.25) is 0 Å². The summed E-state index contributed by atoms with van der Waals surface area (Å²) in [5, 5.41) is 8.79. The Balaban J connectivity index is 3.17. The molecule has 0 bridgehead atoms. The number of aliphatic hydroxyl groups is 1. The molecule has 0 amide bonds. The lowest BCUT2D eigenvalue weighted by Gasteiger charge is -2.10. The molecule has 0 saturated carbocycles. The average Bonchev–Trinajstić information content (AvgIpc) is 1.35. The van der Waals surface area contributed by atoms with Gasteiger partial charge in [0, 0.05) is 0 Å². The van der Waals surface area contributed by atoms with Gasteiger partial charge in [-0.05, 0) is 20.1 Å². The summed E-state index contributed by atoms with van der Waals surface area (Å²) in [7, 11) is 0. The summed E-state index contributed by atoms with van der Waals surface area (Å²) in [6, 6.07) is 0. The Morgan fingerprint density at radius 2 is 1.67 bits per heavy atom. The van der Waals surface area contributed by atoms with E-state index >= 15 is 0 Å². The van der Waals surface area contributed by atoms with E-state index in [1.54, 1.807) is 13.8 Å². The van der Waals surface area contributed by atoms with Gasteiger partial charge in [-0.3, -0.25) is 0 Å². The number of hydrogen-bond acceptors (Lipinski definition) is 2. The van der Waals surface area contributed by atoms with E-state index in [4.69, 9.17) is 5.11 Å². The summed E-state index contributed by atoms with van der Waals surface area (Å²) in [5.74, 6) is 0. The van der Waals surface area contributed by atoms with Crippen LogP contribution in [0.4, 0.5) is 0 Å². The van der Waals surface area contributed by atoms with Crippen LogP contribution in [0.25, 0.3) is 0 Å². The van der Waals surface area contributed by atoms with Crippen molar-refractivity contribution in [2.24, 2.45) is 0 Å². The third-order valence-electron chi connectivity index (χ3n) is 0.500. The molecule has 0 heterocycles. The molecular formula is C4H10OS. The van der Waals surface area contributed by atoms with Gasteiger partial charge in [0.25, 0.3) is 0 Å². The maximum Gasteiger partial charge on any atom is 0.104 e. The van der Waals surface area contributed by atoms with E-state index in [9.17, 15) is 0 Å². The van der Waals surface area contributed by atoms with E-state index in [0.717, 1.165) is 0 Å². The molecule has 0 saturated heterocycles. The van der Waals surface area contributed by atoms with Gasteiger partial charge in [-0.15, -0.1) is 11.8 Å². The minimum Gasteiger partial charge on any atom is -0.380 e.